The Balaban J connectivity index is 2.02. The number of thiophene rings is 1. The number of hydrogen-bond donors (Lipinski definition) is 0. The van der Waals surface area contributed by atoms with Crippen LogP contribution in [0.5, 0.6) is 0 Å². The molecule has 0 amide bonds. The van der Waals surface area contributed by atoms with Crippen molar-refractivity contribution >= 4 is 21.4 Å². The normalized spacial score (nSPS) is 19.9. The Bertz CT molecular complexity index is 816. The van der Waals surface area contributed by atoms with Crippen LogP contribution in [0.15, 0.2) is 28.7 Å². The summed E-state index contributed by atoms with van der Waals surface area (Å²) in [5.41, 5.74) is 0.902. The SMILES string of the molecule is Cn1cc(C2CCCCN2S(=O)(=O)c2ccsc2C#N)cn1. The van der Waals surface area contributed by atoms with Crippen molar-refractivity contribution < 1.29 is 8.42 Å². The molecular weight excluding hydrogens is 320 g/mol. The largest absolute Gasteiger partial charge is 0.275 e. The first-order valence-corrected chi connectivity index (χ1v) is 9.34. The lowest BCUT2D eigenvalue weighted by Crippen LogP contribution is -2.38. The molecule has 1 saturated heterocycles. The Hall–Kier alpha value is -1.69. The minimum atomic E-state index is -3.67. The molecule has 8 heteroatoms. The number of sulfonamides is 1. The molecule has 3 heterocycles. The monoisotopic (exact) mass is 336 g/mol. The molecule has 0 N–H and O–H groups in total. The summed E-state index contributed by atoms with van der Waals surface area (Å²) in [6.07, 6.45) is 6.17. The first kappa shape index (κ1) is 15.2. The maximum Gasteiger partial charge on any atom is 0.245 e. The Morgan fingerprint density at radius 3 is 2.95 bits per heavy atom. The molecule has 0 aromatic carbocycles. The van der Waals surface area contributed by atoms with E-state index >= 15 is 0 Å². The maximum absolute atomic E-state index is 13.0. The molecular formula is C14H16N4O2S2. The van der Waals surface area contributed by atoms with Gasteiger partial charge in [-0.15, -0.1) is 11.3 Å². The molecule has 0 saturated carbocycles. The van der Waals surface area contributed by atoms with E-state index in [1.165, 1.54) is 10.4 Å². The quantitative estimate of drug-likeness (QED) is 0.861. The summed E-state index contributed by atoms with van der Waals surface area (Å²) in [5, 5.41) is 14.9. The zero-order valence-corrected chi connectivity index (χ0v) is 13.8. The number of aromatic nitrogens is 2. The molecule has 2 aromatic rings. The molecule has 0 bridgehead atoms. The summed E-state index contributed by atoms with van der Waals surface area (Å²) in [7, 11) is -1.85. The number of nitriles is 1. The van der Waals surface area contributed by atoms with Crippen LogP contribution >= 0.6 is 11.3 Å². The van der Waals surface area contributed by atoms with Crippen LogP contribution in [0.25, 0.3) is 0 Å². The molecule has 6 nitrogen and oxygen atoms in total. The average Bonchev–Trinajstić information content (AvgIpc) is 3.16. The van der Waals surface area contributed by atoms with E-state index in [4.69, 9.17) is 5.26 Å². The van der Waals surface area contributed by atoms with Crippen molar-refractivity contribution in [1.82, 2.24) is 14.1 Å². The van der Waals surface area contributed by atoms with E-state index in [9.17, 15) is 8.42 Å². The van der Waals surface area contributed by atoms with E-state index in [1.807, 2.05) is 19.3 Å². The van der Waals surface area contributed by atoms with Crippen LogP contribution in [0.2, 0.25) is 0 Å². The molecule has 1 aliphatic heterocycles. The number of hydrogen-bond acceptors (Lipinski definition) is 5. The number of aryl methyl sites for hydroxylation is 1. The predicted molar refractivity (Wildman–Crippen MR) is 82.7 cm³/mol. The third-order valence-electron chi connectivity index (χ3n) is 3.88. The van der Waals surface area contributed by atoms with E-state index < -0.39 is 10.0 Å². The van der Waals surface area contributed by atoms with Crippen molar-refractivity contribution in [3.8, 4) is 6.07 Å². The van der Waals surface area contributed by atoms with Gasteiger partial charge < -0.3 is 0 Å². The minimum Gasteiger partial charge on any atom is -0.275 e. The van der Waals surface area contributed by atoms with E-state index in [-0.39, 0.29) is 15.8 Å². The molecule has 22 heavy (non-hydrogen) atoms. The van der Waals surface area contributed by atoms with Gasteiger partial charge in [-0.25, -0.2) is 8.42 Å². The zero-order valence-electron chi connectivity index (χ0n) is 12.1. The molecule has 116 valence electrons. The van der Waals surface area contributed by atoms with Crippen LogP contribution < -0.4 is 0 Å². The fourth-order valence-electron chi connectivity index (χ4n) is 2.85. The van der Waals surface area contributed by atoms with Crippen LogP contribution in [-0.2, 0) is 17.1 Å². The van der Waals surface area contributed by atoms with E-state index in [1.54, 1.807) is 16.3 Å². The minimum absolute atomic E-state index is 0.121. The Labute approximate surface area is 133 Å². The predicted octanol–water partition coefficient (Wildman–Crippen LogP) is 2.27. The topological polar surface area (TPSA) is 79.0 Å². The van der Waals surface area contributed by atoms with Gasteiger partial charge in [0.1, 0.15) is 15.8 Å². The highest BCUT2D eigenvalue weighted by Gasteiger charge is 2.36. The second-order valence-electron chi connectivity index (χ2n) is 5.30. The molecule has 3 rings (SSSR count). The van der Waals surface area contributed by atoms with E-state index in [0.29, 0.717) is 6.54 Å². The van der Waals surface area contributed by atoms with Crippen molar-refractivity contribution in [1.29, 1.82) is 5.26 Å². The average molecular weight is 336 g/mol. The van der Waals surface area contributed by atoms with Crippen LogP contribution in [0.3, 0.4) is 0 Å². The highest BCUT2D eigenvalue weighted by molar-refractivity contribution is 7.89. The zero-order chi connectivity index (χ0) is 15.7. The first-order chi connectivity index (χ1) is 10.5. The van der Waals surface area contributed by atoms with Gasteiger partial charge in [0.15, 0.2) is 0 Å². The summed E-state index contributed by atoms with van der Waals surface area (Å²) in [6, 6.07) is 3.29. The fourth-order valence-corrected chi connectivity index (χ4v) is 5.67. The van der Waals surface area contributed by atoms with Gasteiger partial charge in [-0.05, 0) is 24.3 Å². The second-order valence-corrected chi connectivity index (χ2v) is 8.08. The van der Waals surface area contributed by atoms with Crippen LogP contribution in [-0.4, -0.2) is 29.0 Å². The standard InChI is InChI=1S/C14H16N4O2S2/c1-17-10-11(9-16-17)12-4-2-3-6-18(12)22(19,20)14-5-7-21-13(14)8-15/h5,7,9-10,12H,2-4,6H2,1H3. The number of piperidine rings is 1. The lowest BCUT2D eigenvalue weighted by molar-refractivity contribution is 0.256. The summed E-state index contributed by atoms with van der Waals surface area (Å²) in [6.45, 7) is 0.475. The van der Waals surface area contributed by atoms with Crippen molar-refractivity contribution in [2.75, 3.05) is 6.54 Å². The Morgan fingerprint density at radius 2 is 2.27 bits per heavy atom. The fraction of sp³-hybridized carbons (Fsp3) is 0.429. The van der Waals surface area contributed by atoms with Gasteiger partial charge in [-0.2, -0.15) is 14.7 Å². The number of rotatable bonds is 3. The summed E-state index contributed by atoms with van der Waals surface area (Å²) >= 11 is 1.16. The van der Waals surface area contributed by atoms with Gasteiger partial charge in [-0.3, -0.25) is 4.68 Å². The molecule has 1 aliphatic rings. The smallest absolute Gasteiger partial charge is 0.245 e. The van der Waals surface area contributed by atoms with Crippen LogP contribution in [0, 0.1) is 11.3 Å². The van der Waals surface area contributed by atoms with Gasteiger partial charge in [0, 0.05) is 25.4 Å². The Kier molecular flexibility index (Phi) is 4.04. The van der Waals surface area contributed by atoms with Gasteiger partial charge in [-0.1, -0.05) is 6.42 Å². The van der Waals surface area contributed by atoms with Crippen molar-refractivity contribution in [3.05, 3.63) is 34.3 Å². The third-order valence-corrected chi connectivity index (χ3v) is 6.78. The van der Waals surface area contributed by atoms with E-state index in [2.05, 4.69) is 5.10 Å². The molecule has 1 fully saturated rings. The Morgan fingerprint density at radius 1 is 1.45 bits per heavy atom. The molecule has 1 atom stereocenters. The van der Waals surface area contributed by atoms with Gasteiger partial charge >= 0.3 is 0 Å². The molecule has 0 aliphatic carbocycles. The lowest BCUT2D eigenvalue weighted by atomic mass is 10.0. The molecule has 1 unspecified atom stereocenters. The molecule has 0 spiro atoms. The van der Waals surface area contributed by atoms with Gasteiger partial charge in [0.05, 0.1) is 12.2 Å². The maximum atomic E-state index is 13.0. The van der Waals surface area contributed by atoms with Crippen LogP contribution in [0.1, 0.15) is 35.7 Å². The summed E-state index contributed by atoms with van der Waals surface area (Å²) in [4.78, 5) is 0.367. The van der Waals surface area contributed by atoms with Crippen molar-refractivity contribution in [2.24, 2.45) is 7.05 Å². The van der Waals surface area contributed by atoms with E-state index in [0.717, 1.165) is 36.2 Å². The third kappa shape index (κ3) is 2.56. The lowest BCUT2D eigenvalue weighted by Gasteiger charge is -2.34. The van der Waals surface area contributed by atoms with Gasteiger partial charge in [0.2, 0.25) is 10.0 Å². The first-order valence-electron chi connectivity index (χ1n) is 7.02. The molecule has 0 radical (unpaired) electrons. The highest BCUT2D eigenvalue weighted by atomic mass is 32.2. The van der Waals surface area contributed by atoms with Crippen molar-refractivity contribution in [2.45, 2.75) is 30.2 Å². The second kappa shape index (κ2) is 5.83. The number of nitrogens with zero attached hydrogens (tertiary/aromatic N) is 4. The van der Waals surface area contributed by atoms with Crippen LogP contribution in [0.4, 0.5) is 0 Å². The van der Waals surface area contributed by atoms with Gasteiger partial charge in [0.25, 0.3) is 0 Å². The van der Waals surface area contributed by atoms with Crippen molar-refractivity contribution in [3.63, 3.8) is 0 Å². The summed E-state index contributed by atoms with van der Waals surface area (Å²) < 4.78 is 29.2. The summed E-state index contributed by atoms with van der Waals surface area (Å²) in [5.74, 6) is 0. The highest BCUT2D eigenvalue weighted by Crippen LogP contribution is 2.36. The molecule has 2 aromatic heterocycles.